The van der Waals surface area contributed by atoms with Crippen LogP contribution in [0.5, 0.6) is 0 Å². The summed E-state index contributed by atoms with van der Waals surface area (Å²) in [4.78, 5) is 13.7. The number of rotatable bonds is 4. The molecule has 1 saturated heterocycles. The van der Waals surface area contributed by atoms with E-state index in [1.54, 1.807) is 0 Å². The van der Waals surface area contributed by atoms with Crippen LogP contribution < -0.4 is 5.73 Å². The summed E-state index contributed by atoms with van der Waals surface area (Å²) in [6.07, 6.45) is 3.94. The molecular weight excluding hydrogens is 192 g/mol. The van der Waals surface area contributed by atoms with Gasteiger partial charge in [-0.1, -0.05) is 0 Å². The number of nitrogens with two attached hydrogens (primary N) is 1. The molecule has 2 aliphatic rings. The summed E-state index contributed by atoms with van der Waals surface area (Å²) >= 11 is 0. The molecule has 0 spiro atoms. The molecule has 15 heavy (non-hydrogen) atoms. The van der Waals surface area contributed by atoms with Gasteiger partial charge in [0.05, 0.1) is 6.61 Å². The summed E-state index contributed by atoms with van der Waals surface area (Å²) in [5.41, 5.74) is 5.80. The highest BCUT2D eigenvalue weighted by Crippen LogP contribution is 2.37. The molecule has 1 heterocycles. The molecule has 0 radical (unpaired) electrons. The lowest BCUT2D eigenvalue weighted by molar-refractivity contribution is -0.145. The first-order chi connectivity index (χ1) is 7.20. The fourth-order valence-electron chi connectivity index (χ4n) is 2.83. The third-order valence-corrected chi connectivity index (χ3v) is 3.54. The van der Waals surface area contributed by atoms with Gasteiger partial charge in [-0.3, -0.25) is 9.69 Å². The first-order valence-electron chi connectivity index (χ1n) is 5.87. The van der Waals surface area contributed by atoms with E-state index in [-0.39, 0.29) is 5.97 Å². The van der Waals surface area contributed by atoms with Gasteiger partial charge in [-0.2, -0.15) is 0 Å². The molecule has 2 N–H and O–H groups in total. The van der Waals surface area contributed by atoms with Gasteiger partial charge in [-0.25, -0.2) is 0 Å². The van der Waals surface area contributed by atoms with Crippen molar-refractivity contribution in [3.8, 4) is 0 Å². The van der Waals surface area contributed by atoms with Crippen LogP contribution in [0, 0.1) is 5.92 Å². The number of carbonyl (C=O) groups is 1. The zero-order chi connectivity index (χ0) is 10.8. The van der Waals surface area contributed by atoms with Crippen molar-refractivity contribution >= 4 is 5.97 Å². The fourth-order valence-corrected chi connectivity index (χ4v) is 2.83. The molecule has 1 aliphatic heterocycles. The normalized spacial score (nSPS) is 31.9. The van der Waals surface area contributed by atoms with Crippen LogP contribution in [0.1, 0.15) is 26.2 Å². The Morgan fingerprint density at radius 1 is 1.60 bits per heavy atom. The summed E-state index contributed by atoms with van der Waals surface area (Å²) in [6, 6.07) is 0.208. The number of esters is 1. The molecule has 3 atom stereocenters. The van der Waals surface area contributed by atoms with Crippen molar-refractivity contribution in [2.45, 2.75) is 38.3 Å². The molecule has 0 aromatic heterocycles. The maximum Gasteiger partial charge on any atom is 0.324 e. The van der Waals surface area contributed by atoms with Gasteiger partial charge in [0.2, 0.25) is 0 Å². The zero-order valence-electron chi connectivity index (χ0n) is 9.32. The van der Waals surface area contributed by atoms with Crippen LogP contribution in [0.25, 0.3) is 0 Å². The third kappa shape index (κ3) is 2.32. The number of piperidine rings is 1. The van der Waals surface area contributed by atoms with Crippen molar-refractivity contribution in [2.24, 2.45) is 11.7 Å². The van der Waals surface area contributed by atoms with E-state index >= 15 is 0 Å². The Labute approximate surface area is 90.8 Å². The maximum atomic E-state index is 11.4. The Kier molecular flexibility index (Phi) is 3.26. The minimum Gasteiger partial charge on any atom is -0.465 e. The number of nitrogens with zero attached hydrogens (tertiary/aromatic N) is 1. The minimum absolute atomic E-state index is 0.264. The lowest BCUT2D eigenvalue weighted by Gasteiger charge is -2.28. The molecule has 86 valence electrons. The van der Waals surface area contributed by atoms with Gasteiger partial charge in [0.25, 0.3) is 0 Å². The van der Waals surface area contributed by atoms with E-state index in [1.165, 1.54) is 19.3 Å². The molecule has 0 aromatic carbocycles. The molecule has 1 aliphatic carbocycles. The van der Waals surface area contributed by atoms with Gasteiger partial charge in [0.1, 0.15) is 6.04 Å². The minimum atomic E-state index is -0.468. The van der Waals surface area contributed by atoms with Crippen LogP contribution in [0.4, 0.5) is 0 Å². The summed E-state index contributed by atoms with van der Waals surface area (Å²) in [6.45, 7) is 4.01. The molecule has 0 amide bonds. The SMILES string of the molecule is CCOC(=O)C(N)CN1C[C@@H]2CC[C@H]1C2. The Hall–Kier alpha value is -0.610. The highest BCUT2D eigenvalue weighted by Gasteiger charge is 2.38. The van der Waals surface area contributed by atoms with Crippen molar-refractivity contribution in [1.29, 1.82) is 0 Å². The van der Waals surface area contributed by atoms with Gasteiger partial charge in [-0.05, 0) is 32.1 Å². The highest BCUT2D eigenvalue weighted by molar-refractivity contribution is 5.75. The van der Waals surface area contributed by atoms with Crippen LogP contribution in [-0.2, 0) is 9.53 Å². The van der Waals surface area contributed by atoms with Gasteiger partial charge in [0.15, 0.2) is 0 Å². The number of hydrogen-bond donors (Lipinski definition) is 1. The number of hydrogen-bond acceptors (Lipinski definition) is 4. The third-order valence-electron chi connectivity index (χ3n) is 3.54. The van der Waals surface area contributed by atoms with E-state index in [0.29, 0.717) is 19.2 Å². The van der Waals surface area contributed by atoms with Gasteiger partial charge < -0.3 is 10.5 Å². The Morgan fingerprint density at radius 3 is 2.93 bits per heavy atom. The van der Waals surface area contributed by atoms with E-state index in [2.05, 4.69) is 4.90 Å². The Morgan fingerprint density at radius 2 is 2.40 bits per heavy atom. The van der Waals surface area contributed by atoms with E-state index in [1.807, 2.05) is 6.92 Å². The summed E-state index contributed by atoms with van der Waals surface area (Å²) < 4.78 is 4.90. The molecule has 4 nitrogen and oxygen atoms in total. The molecule has 2 rings (SSSR count). The fraction of sp³-hybridized carbons (Fsp3) is 0.909. The zero-order valence-corrected chi connectivity index (χ0v) is 9.32. The molecule has 1 saturated carbocycles. The standard InChI is InChI=1S/C11H20N2O2/c1-2-15-11(14)10(12)7-13-6-8-3-4-9(13)5-8/h8-10H,2-7,12H2,1H3/t8-,9+,10?/m1/s1. The van der Waals surface area contributed by atoms with Crippen molar-refractivity contribution in [1.82, 2.24) is 4.90 Å². The maximum absolute atomic E-state index is 11.4. The Bertz CT molecular complexity index is 245. The van der Waals surface area contributed by atoms with Gasteiger partial charge in [0, 0.05) is 19.1 Å². The van der Waals surface area contributed by atoms with E-state index in [0.717, 1.165) is 12.5 Å². The summed E-state index contributed by atoms with van der Waals surface area (Å²) in [5, 5.41) is 0. The quantitative estimate of drug-likeness (QED) is 0.684. The van der Waals surface area contributed by atoms with Gasteiger partial charge >= 0.3 is 5.97 Å². The van der Waals surface area contributed by atoms with Gasteiger partial charge in [-0.15, -0.1) is 0 Å². The first kappa shape index (κ1) is 10.9. The number of fused-ring (bicyclic) bond motifs is 2. The molecule has 2 bridgehead atoms. The van der Waals surface area contributed by atoms with Crippen molar-refractivity contribution < 1.29 is 9.53 Å². The highest BCUT2D eigenvalue weighted by atomic mass is 16.5. The van der Waals surface area contributed by atoms with E-state index in [9.17, 15) is 4.79 Å². The monoisotopic (exact) mass is 212 g/mol. The molecule has 4 heteroatoms. The average molecular weight is 212 g/mol. The number of carbonyl (C=O) groups excluding carboxylic acids is 1. The smallest absolute Gasteiger partial charge is 0.324 e. The average Bonchev–Trinajstić information content (AvgIpc) is 2.79. The largest absolute Gasteiger partial charge is 0.465 e. The molecule has 0 aromatic rings. The van der Waals surface area contributed by atoms with Crippen LogP contribution in [0.15, 0.2) is 0 Å². The van der Waals surface area contributed by atoms with Crippen LogP contribution in [0.2, 0.25) is 0 Å². The van der Waals surface area contributed by atoms with Crippen molar-refractivity contribution in [3.05, 3.63) is 0 Å². The van der Waals surface area contributed by atoms with Crippen LogP contribution in [0.3, 0.4) is 0 Å². The second kappa shape index (κ2) is 4.49. The topological polar surface area (TPSA) is 55.6 Å². The molecule has 2 fully saturated rings. The second-order valence-electron chi connectivity index (χ2n) is 4.65. The van der Waals surface area contributed by atoms with Crippen molar-refractivity contribution in [3.63, 3.8) is 0 Å². The van der Waals surface area contributed by atoms with E-state index < -0.39 is 6.04 Å². The number of likely N-dealkylation sites (tertiary alicyclic amines) is 1. The lowest BCUT2D eigenvalue weighted by atomic mass is 10.1. The van der Waals surface area contributed by atoms with Crippen LogP contribution in [-0.4, -0.2) is 42.6 Å². The number of ether oxygens (including phenoxy) is 1. The molecule has 1 unspecified atom stereocenters. The summed E-state index contributed by atoms with van der Waals surface area (Å²) in [7, 11) is 0. The molecular formula is C11H20N2O2. The van der Waals surface area contributed by atoms with Crippen molar-refractivity contribution in [2.75, 3.05) is 19.7 Å². The van der Waals surface area contributed by atoms with E-state index in [4.69, 9.17) is 10.5 Å². The predicted molar refractivity (Wildman–Crippen MR) is 57.3 cm³/mol. The summed E-state index contributed by atoms with van der Waals surface area (Å²) in [5.74, 6) is 0.588. The Balaban J connectivity index is 1.79. The first-order valence-corrected chi connectivity index (χ1v) is 5.87. The second-order valence-corrected chi connectivity index (χ2v) is 4.65. The predicted octanol–water partition coefficient (Wildman–Crippen LogP) is 0.361. The van der Waals surface area contributed by atoms with Crippen LogP contribution >= 0.6 is 0 Å². The lowest BCUT2D eigenvalue weighted by Crippen LogP contribution is -2.46.